The van der Waals surface area contributed by atoms with Crippen molar-refractivity contribution in [1.29, 1.82) is 0 Å². The molecule has 0 aliphatic carbocycles. The molecule has 0 radical (unpaired) electrons. The van der Waals surface area contributed by atoms with Gasteiger partial charge in [-0.2, -0.15) is 0 Å². The molecule has 0 aliphatic heterocycles. The van der Waals surface area contributed by atoms with Crippen LogP contribution in [0.3, 0.4) is 0 Å². The predicted molar refractivity (Wildman–Crippen MR) is 52.9 cm³/mol. The lowest BCUT2D eigenvalue weighted by atomic mass is 9.99. The molecule has 13 heavy (non-hydrogen) atoms. The Bertz CT molecular complexity index is 259. The molecule has 0 aromatic heterocycles. The highest BCUT2D eigenvalue weighted by Gasteiger charge is 2.30. The van der Waals surface area contributed by atoms with E-state index in [4.69, 9.17) is 0 Å². The second-order valence-electron chi connectivity index (χ2n) is 2.99. The quantitative estimate of drug-likeness (QED) is 0.449. The van der Waals surface area contributed by atoms with Crippen molar-refractivity contribution in [2.75, 3.05) is 0 Å². The first-order valence-electron chi connectivity index (χ1n) is 3.84. The van der Waals surface area contributed by atoms with Crippen molar-refractivity contribution in [3.05, 3.63) is 49.1 Å². The molecule has 0 atom stereocenters. The topological polar surface area (TPSA) is 0 Å². The summed E-state index contributed by atoms with van der Waals surface area (Å²) in [7, 11) is 0. The van der Waals surface area contributed by atoms with Gasteiger partial charge in [-0.15, -0.1) is 0 Å². The van der Waals surface area contributed by atoms with E-state index in [1.165, 1.54) is 13.0 Å². The number of halogens is 2. The molecule has 0 spiro atoms. The smallest absolute Gasteiger partial charge is 0.201 e. The maximum atomic E-state index is 13.1. The van der Waals surface area contributed by atoms with Gasteiger partial charge in [0, 0.05) is 6.42 Å². The van der Waals surface area contributed by atoms with Gasteiger partial charge >= 0.3 is 0 Å². The summed E-state index contributed by atoms with van der Waals surface area (Å²) >= 11 is 0. The van der Waals surface area contributed by atoms with Crippen molar-refractivity contribution < 1.29 is 8.78 Å². The van der Waals surface area contributed by atoms with Crippen LogP contribution in [0.15, 0.2) is 49.1 Å². The third-order valence-electron chi connectivity index (χ3n) is 1.76. The van der Waals surface area contributed by atoms with Crippen LogP contribution in [-0.4, -0.2) is 5.92 Å². The van der Waals surface area contributed by atoms with E-state index < -0.39 is 12.3 Å². The minimum absolute atomic E-state index is 0.162. The van der Waals surface area contributed by atoms with Crippen LogP contribution in [0.25, 0.3) is 0 Å². The Balaban J connectivity index is 4.45. The fourth-order valence-corrected chi connectivity index (χ4v) is 0.677. The summed E-state index contributed by atoms with van der Waals surface area (Å²) in [5, 5.41) is 0. The zero-order valence-corrected chi connectivity index (χ0v) is 7.87. The van der Waals surface area contributed by atoms with Gasteiger partial charge < -0.3 is 0 Å². The average molecular weight is 184 g/mol. The molecule has 0 N–H and O–H groups in total. The Kier molecular flexibility index (Phi) is 3.79. The minimum atomic E-state index is -2.90. The molecule has 0 aromatic carbocycles. The van der Waals surface area contributed by atoms with Crippen molar-refractivity contribution in [2.45, 2.75) is 19.3 Å². The number of hydrogen-bond acceptors (Lipinski definition) is 0. The number of alkyl halides is 2. The highest BCUT2D eigenvalue weighted by Crippen LogP contribution is 2.31. The van der Waals surface area contributed by atoms with E-state index in [1.807, 2.05) is 0 Å². The number of rotatable bonds is 5. The predicted octanol–water partition coefficient (Wildman–Crippen LogP) is 3.89. The molecule has 0 heterocycles. The molecule has 0 nitrogen and oxygen atoms in total. The molecule has 0 aliphatic rings. The SMILES string of the molecule is C=CC(=C)C(=C)CC(F)(F)C(=C)C. The molecule has 0 bridgehead atoms. The normalized spacial score (nSPS) is 10.7. The average Bonchev–Trinajstić information content (AvgIpc) is 2.01. The van der Waals surface area contributed by atoms with Crippen molar-refractivity contribution in [1.82, 2.24) is 0 Å². The monoisotopic (exact) mass is 184 g/mol. The van der Waals surface area contributed by atoms with E-state index in [0.717, 1.165) is 0 Å². The van der Waals surface area contributed by atoms with Crippen molar-refractivity contribution >= 4 is 0 Å². The van der Waals surface area contributed by atoms with Crippen molar-refractivity contribution in [3.63, 3.8) is 0 Å². The van der Waals surface area contributed by atoms with Crippen LogP contribution in [0.5, 0.6) is 0 Å². The van der Waals surface area contributed by atoms with Gasteiger partial charge in [0.25, 0.3) is 5.92 Å². The Morgan fingerprint density at radius 1 is 1.31 bits per heavy atom. The van der Waals surface area contributed by atoms with Gasteiger partial charge in [-0.05, 0) is 23.6 Å². The zero-order chi connectivity index (χ0) is 10.6. The Hall–Kier alpha value is -1.18. The summed E-state index contributed by atoms with van der Waals surface area (Å²) in [5.74, 6) is -2.90. The lowest BCUT2D eigenvalue weighted by Crippen LogP contribution is -2.17. The fourth-order valence-electron chi connectivity index (χ4n) is 0.677. The second kappa shape index (κ2) is 4.17. The van der Waals surface area contributed by atoms with Crippen LogP contribution in [0.4, 0.5) is 8.78 Å². The molecule has 72 valence electrons. The first-order valence-corrected chi connectivity index (χ1v) is 3.84. The lowest BCUT2D eigenvalue weighted by molar-refractivity contribution is 0.0435. The molecule has 0 unspecified atom stereocenters. The summed E-state index contributed by atoms with van der Waals surface area (Å²) in [6, 6.07) is 0. The molecular formula is C11H14F2. The van der Waals surface area contributed by atoms with E-state index in [2.05, 4.69) is 26.3 Å². The molecule has 0 aromatic rings. The van der Waals surface area contributed by atoms with Crippen LogP contribution in [0.2, 0.25) is 0 Å². The lowest BCUT2D eigenvalue weighted by Gasteiger charge is -2.17. The summed E-state index contributed by atoms with van der Waals surface area (Å²) in [5.41, 5.74) is 0.578. The molecule has 0 saturated carbocycles. The molecule has 0 amide bonds. The van der Waals surface area contributed by atoms with Crippen LogP contribution < -0.4 is 0 Å². The van der Waals surface area contributed by atoms with Gasteiger partial charge in [-0.3, -0.25) is 0 Å². The third-order valence-corrected chi connectivity index (χ3v) is 1.76. The Labute approximate surface area is 78.0 Å². The second-order valence-corrected chi connectivity index (χ2v) is 2.99. The van der Waals surface area contributed by atoms with E-state index in [9.17, 15) is 8.78 Å². The first kappa shape index (κ1) is 11.8. The van der Waals surface area contributed by atoms with Gasteiger partial charge in [0.15, 0.2) is 0 Å². The molecule has 0 saturated heterocycles. The van der Waals surface area contributed by atoms with E-state index in [1.54, 1.807) is 0 Å². The molecule has 2 heteroatoms. The standard InChI is InChI=1S/C11H14F2/c1-6-9(4)10(5)7-11(12,13)8(2)3/h6H,1-2,4-5,7H2,3H3. The van der Waals surface area contributed by atoms with Gasteiger partial charge in [0.05, 0.1) is 0 Å². The van der Waals surface area contributed by atoms with Crippen molar-refractivity contribution in [2.24, 2.45) is 0 Å². The van der Waals surface area contributed by atoms with Crippen LogP contribution >= 0.6 is 0 Å². The van der Waals surface area contributed by atoms with E-state index in [-0.39, 0.29) is 5.57 Å². The first-order chi connectivity index (χ1) is 5.81. The van der Waals surface area contributed by atoms with E-state index >= 15 is 0 Å². The maximum Gasteiger partial charge on any atom is 0.272 e. The van der Waals surface area contributed by atoms with E-state index in [0.29, 0.717) is 11.1 Å². The summed E-state index contributed by atoms with van der Waals surface area (Å²) < 4.78 is 26.1. The molecular weight excluding hydrogens is 170 g/mol. The highest BCUT2D eigenvalue weighted by molar-refractivity contribution is 5.35. The molecule has 0 rings (SSSR count). The van der Waals surface area contributed by atoms with Gasteiger partial charge in [0.1, 0.15) is 0 Å². The Morgan fingerprint density at radius 3 is 2.08 bits per heavy atom. The summed E-state index contributed by atoms with van der Waals surface area (Å²) in [4.78, 5) is 0. The van der Waals surface area contributed by atoms with Crippen molar-refractivity contribution in [3.8, 4) is 0 Å². The van der Waals surface area contributed by atoms with Crippen LogP contribution in [0, 0.1) is 0 Å². The fraction of sp³-hybridized carbons (Fsp3) is 0.273. The minimum Gasteiger partial charge on any atom is -0.201 e. The summed E-state index contributed by atoms with van der Waals surface area (Å²) in [6.07, 6.45) is 0.976. The molecule has 0 fully saturated rings. The maximum absolute atomic E-state index is 13.1. The zero-order valence-electron chi connectivity index (χ0n) is 7.87. The highest BCUT2D eigenvalue weighted by atomic mass is 19.3. The third kappa shape index (κ3) is 3.36. The largest absolute Gasteiger partial charge is 0.272 e. The Morgan fingerprint density at radius 2 is 1.77 bits per heavy atom. The van der Waals surface area contributed by atoms with Crippen LogP contribution in [-0.2, 0) is 0 Å². The number of hydrogen-bond donors (Lipinski definition) is 0. The van der Waals surface area contributed by atoms with Crippen LogP contribution in [0.1, 0.15) is 13.3 Å². The van der Waals surface area contributed by atoms with Gasteiger partial charge in [-0.1, -0.05) is 32.4 Å². The number of allylic oxidation sites excluding steroid dienone is 4. The summed E-state index contributed by atoms with van der Waals surface area (Å²) in [6.45, 7) is 15.0. The van der Waals surface area contributed by atoms with Gasteiger partial charge in [0.2, 0.25) is 0 Å². The van der Waals surface area contributed by atoms with Gasteiger partial charge in [-0.25, -0.2) is 8.78 Å².